The molecule has 0 saturated carbocycles. The SMILES string of the molecule is COCCOOC(=O)C(C(=O)c1c(Cl)cccc1Cl)c1ccccc1.O=[PH2+]. The van der Waals surface area contributed by atoms with E-state index < -0.39 is 17.7 Å². The highest BCUT2D eigenvalue weighted by atomic mass is 35.5. The molecule has 0 bridgehead atoms. The van der Waals surface area contributed by atoms with Crippen molar-refractivity contribution in [2.45, 2.75) is 5.92 Å². The minimum Gasteiger partial charge on any atom is -0.382 e. The highest BCUT2D eigenvalue weighted by Gasteiger charge is 2.34. The fourth-order valence-corrected chi connectivity index (χ4v) is 2.77. The quantitative estimate of drug-likeness (QED) is 0.155. The minimum atomic E-state index is -1.25. The summed E-state index contributed by atoms with van der Waals surface area (Å²) >= 11 is 12.2. The van der Waals surface area contributed by atoms with Gasteiger partial charge in [-0.2, -0.15) is 4.89 Å². The summed E-state index contributed by atoms with van der Waals surface area (Å²) in [4.78, 5) is 35.0. The maximum atomic E-state index is 13.0. The molecule has 0 saturated heterocycles. The van der Waals surface area contributed by atoms with Crippen LogP contribution in [0.3, 0.4) is 0 Å². The molecule has 2 aromatic carbocycles. The van der Waals surface area contributed by atoms with Gasteiger partial charge in [0.05, 0.1) is 22.2 Å². The molecular formula is C18H18Cl2O6P+. The summed E-state index contributed by atoms with van der Waals surface area (Å²) in [6.07, 6.45) is 0. The summed E-state index contributed by atoms with van der Waals surface area (Å²) in [5.74, 6) is -2.67. The molecule has 144 valence electrons. The van der Waals surface area contributed by atoms with Crippen LogP contribution in [0.25, 0.3) is 0 Å². The fourth-order valence-electron chi connectivity index (χ4n) is 2.18. The van der Waals surface area contributed by atoms with Gasteiger partial charge in [-0.3, -0.25) is 9.68 Å². The number of Topliss-reactive ketones (excluding diaryl/α,β-unsaturated/α-hetero) is 1. The Balaban J connectivity index is 0.00000176. The summed E-state index contributed by atoms with van der Waals surface area (Å²) < 4.78 is 13.0. The van der Waals surface area contributed by atoms with Crippen molar-refractivity contribution in [1.82, 2.24) is 0 Å². The Morgan fingerprint density at radius 1 is 0.963 bits per heavy atom. The number of ketones is 1. The number of carbonyl (C=O) groups is 2. The van der Waals surface area contributed by atoms with E-state index in [1.165, 1.54) is 28.4 Å². The Bertz CT molecular complexity index is 737. The van der Waals surface area contributed by atoms with E-state index in [1.54, 1.807) is 36.4 Å². The number of halogens is 2. The molecule has 2 rings (SSSR count). The number of ether oxygens (including phenoxy) is 1. The molecule has 0 heterocycles. The van der Waals surface area contributed by atoms with E-state index in [1.807, 2.05) is 0 Å². The lowest BCUT2D eigenvalue weighted by Gasteiger charge is -2.16. The maximum Gasteiger partial charge on any atom is 0.357 e. The van der Waals surface area contributed by atoms with Crippen LogP contribution in [0.15, 0.2) is 48.5 Å². The first kappa shape index (κ1) is 23.2. The zero-order valence-electron chi connectivity index (χ0n) is 14.4. The maximum absolute atomic E-state index is 13.0. The first-order valence-corrected chi connectivity index (χ1v) is 8.88. The van der Waals surface area contributed by atoms with Crippen LogP contribution in [0.5, 0.6) is 0 Å². The van der Waals surface area contributed by atoms with Crippen LogP contribution < -0.4 is 0 Å². The predicted octanol–water partition coefficient (Wildman–Crippen LogP) is 4.29. The monoisotopic (exact) mass is 431 g/mol. The number of rotatable bonds is 8. The first-order chi connectivity index (χ1) is 13.1. The van der Waals surface area contributed by atoms with Gasteiger partial charge in [0, 0.05) is 7.11 Å². The molecular weight excluding hydrogens is 414 g/mol. The van der Waals surface area contributed by atoms with E-state index in [4.69, 9.17) is 42.3 Å². The molecule has 0 fully saturated rings. The topological polar surface area (TPSA) is 78.9 Å². The van der Waals surface area contributed by atoms with Crippen molar-refractivity contribution in [3.05, 3.63) is 69.7 Å². The summed E-state index contributed by atoms with van der Waals surface area (Å²) in [6, 6.07) is 13.2. The van der Waals surface area contributed by atoms with Crippen LogP contribution in [-0.2, 0) is 23.9 Å². The van der Waals surface area contributed by atoms with Crippen LogP contribution in [0.2, 0.25) is 10.0 Å². The molecule has 0 N–H and O–H groups in total. The molecule has 2 atom stereocenters. The van der Waals surface area contributed by atoms with Crippen molar-refractivity contribution >= 4 is 44.1 Å². The lowest BCUT2D eigenvalue weighted by Crippen LogP contribution is -2.25. The smallest absolute Gasteiger partial charge is 0.357 e. The lowest BCUT2D eigenvalue weighted by molar-refractivity contribution is -0.276. The summed E-state index contributed by atoms with van der Waals surface area (Å²) in [5.41, 5.74) is 0.511. The normalized spacial score (nSPS) is 11.1. The van der Waals surface area contributed by atoms with Crippen LogP contribution in [0.1, 0.15) is 21.8 Å². The van der Waals surface area contributed by atoms with Crippen molar-refractivity contribution in [3.8, 4) is 0 Å². The Hall–Kier alpha value is -1.82. The highest BCUT2D eigenvalue weighted by Crippen LogP contribution is 2.31. The van der Waals surface area contributed by atoms with Gasteiger partial charge in [0.2, 0.25) is 0 Å². The average molecular weight is 432 g/mol. The van der Waals surface area contributed by atoms with Gasteiger partial charge in [-0.25, -0.2) is 4.79 Å². The Labute approximate surface area is 168 Å². The standard InChI is InChI=1S/C18H16Cl2O5.H2OP/c1-23-10-11-24-25-18(22)15(12-6-3-2-4-7-12)17(21)16-13(19)8-5-9-14(16)20;1-2/h2-9,15H,10-11H2,1H3;2H2/q;+1. The van der Waals surface area contributed by atoms with Gasteiger partial charge in [-0.05, 0) is 17.7 Å². The van der Waals surface area contributed by atoms with Gasteiger partial charge >= 0.3 is 15.1 Å². The molecule has 0 aromatic heterocycles. The number of carbonyl (C=O) groups excluding carboxylic acids is 2. The molecule has 27 heavy (non-hydrogen) atoms. The van der Waals surface area contributed by atoms with Gasteiger partial charge in [-0.15, -0.1) is 0 Å². The van der Waals surface area contributed by atoms with Crippen LogP contribution >= 0.6 is 32.3 Å². The molecule has 0 amide bonds. The molecule has 9 heteroatoms. The van der Waals surface area contributed by atoms with Gasteiger partial charge < -0.3 is 4.74 Å². The molecule has 0 aliphatic heterocycles. The summed E-state index contributed by atoms with van der Waals surface area (Å²) in [6.45, 7) is 0.290. The molecule has 2 unspecified atom stereocenters. The average Bonchev–Trinajstić information content (AvgIpc) is 2.68. The van der Waals surface area contributed by atoms with E-state index in [0.29, 0.717) is 5.56 Å². The number of hydrogen-bond acceptors (Lipinski definition) is 6. The zero-order chi connectivity index (χ0) is 20.2. The predicted molar refractivity (Wildman–Crippen MR) is 104 cm³/mol. The number of benzene rings is 2. The van der Waals surface area contributed by atoms with Crippen LogP contribution in [0.4, 0.5) is 0 Å². The Morgan fingerprint density at radius 3 is 2.11 bits per heavy atom. The minimum absolute atomic E-state index is 0.0464. The zero-order valence-corrected chi connectivity index (χ0v) is 17.1. The van der Waals surface area contributed by atoms with Crippen LogP contribution in [0, 0.1) is 0 Å². The summed E-state index contributed by atoms with van der Waals surface area (Å²) in [7, 11) is 2.65. The van der Waals surface area contributed by atoms with Crippen molar-refractivity contribution in [1.29, 1.82) is 0 Å². The lowest BCUT2D eigenvalue weighted by atomic mass is 9.90. The van der Waals surface area contributed by atoms with E-state index in [2.05, 4.69) is 0 Å². The third-order valence-corrected chi connectivity index (χ3v) is 3.98. The molecule has 6 nitrogen and oxygen atoms in total. The van der Waals surface area contributed by atoms with Crippen molar-refractivity contribution < 1.29 is 28.7 Å². The van der Waals surface area contributed by atoms with Gasteiger partial charge in [-0.1, -0.05) is 64.2 Å². The second-order valence-electron chi connectivity index (χ2n) is 5.02. The number of hydrogen-bond donors (Lipinski definition) is 0. The van der Waals surface area contributed by atoms with E-state index >= 15 is 0 Å². The van der Waals surface area contributed by atoms with Crippen molar-refractivity contribution in [2.24, 2.45) is 0 Å². The second-order valence-corrected chi connectivity index (χ2v) is 5.84. The molecule has 0 spiro atoms. The third kappa shape index (κ3) is 6.69. The molecule has 0 radical (unpaired) electrons. The Morgan fingerprint density at radius 2 is 1.56 bits per heavy atom. The fraction of sp³-hybridized carbons (Fsp3) is 0.222. The second kappa shape index (κ2) is 12.5. The van der Waals surface area contributed by atoms with Crippen molar-refractivity contribution in [2.75, 3.05) is 20.3 Å². The van der Waals surface area contributed by atoms with Gasteiger partial charge in [0.1, 0.15) is 12.5 Å². The van der Waals surface area contributed by atoms with E-state index in [9.17, 15) is 9.59 Å². The van der Waals surface area contributed by atoms with E-state index in [-0.39, 0.29) is 28.8 Å². The number of methoxy groups -OCH3 is 1. The molecule has 0 aliphatic rings. The highest BCUT2D eigenvalue weighted by molar-refractivity contribution is 7.00. The Kier molecular flexibility index (Phi) is 10.8. The van der Waals surface area contributed by atoms with Crippen LogP contribution in [-0.4, -0.2) is 32.1 Å². The summed E-state index contributed by atoms with van der Waals surface area (Å²) in [5, 5.41) is 0.318. The van der Waals surface area contributed by atoms with Crippen molar-refractivity contribution in [3.63, 3.8) is 0 Å². The largest absolute Gasteiger partial charge is 0.382 e. The van der Waals surface area contributed by atoms with Gasteiger partial charge in [0.15, 0.2) is 5.78 Å². The van der Waals surface area contributed by atoms with Gasteiger partial charge in [0.25, 0.3) is 0 Å². The first-order valence-electron chi connectivity index (χ1n) is 7.65. The molecule has 0 aliphatic carbocycles. The van der Waals surface area contributed by atoms with E-state index in [0.717, 1.165) is 0 Å². The molecule has 2 aromatic rings. The third-order valence-electron chi connectivity index (χ3n) is 3.35.